The average Bonchev–Trinajstić information content (AvgIpc) is 2.95. The molecule has 19 heteroatoms. The van der Waals surface area contributed by atoms with Crippen molar-refractivity contribution in [3.8, 4) is 0 Å². The highest BCUT2D eigenvalue weighted by molar-refractivity contribution is 5.79. The SMILES string of the molecule is CC(C)(C)OC(=O)NCCNC(=O)C[N+](C)(CCNC(=O)OCc1ccccc1)CC(=O)NCCNC(=O)OC(C)(C)C.O=C([O-])C(F)(F)F. The maximum absolute atomic E-state index is 12.7. The molecule has 0 radical (unpaired) electrons. The number of ether oxygens (including phenoxy) is 3. The highest BCUT2D eigenvalue weighted by atomic mass is 19.4. The number of carboxylic acid groups (broad SMARTS) is 1. The van der Waals surface area contributed by atoms with Crippen LogP contribution in [-0.2, 0) is 35.2 Å². The van der Waals surface area contributed by atoms with Gasteiger partial charge in [-0.3, -0.25) is 9.59 Å². The Hall–Kier alpha value is -4.81. The zero-order valence-electron chi connectivity index (χ0n) is 29.4. The molecule has 0 atom stereocenters. The highest BCUT2D eigenvalue weighted by Gasteiger charge is 2.30. The maximum atomic E-state index is 12.7. The second-order valence-corrected chi connectivity index (χ2v) is 13.0. The van der Waals surface area contributed by atoms with Gasteiger partial charge in [0, 0.05) is 26.2 Å². The Balaban J connectivity index is 0.00000308. The van der Waals surface area contributed by atoms with Gasteiger partial charge >= 0.3 is 24.5 Å². The Labute approximate surface area is 289 Å². The van der Waals surface area contributed by atoms with Crippen molar-refractivity contribution in [1.82, 2.24) is 26.6 Å². The Bertz CT molecular complexity index is 1200. The number of carboxylic acids is 1. The van der Waals surface area contributed by atoms with Crippen LogP contribution in [0.2, 0.25) is 0 Å². The van der Waals surface area contributed by atoms with E-state index in [1.807, 2.05) is 30.3 Å². The fourth-order valence-electron chi connectivity index (χ4n) is 3.58. The minimum Gasteiger partial charge on any atom is -0.542 e. The highest BCUT2D eigenvalue weighted by Crippen LogP contribution is 2.11. The van der Waals surface area contributed by atoms with Crippen LogP contribution < -0.4 is 31.7 Å². The predicted molar refractivity (Wildman–Crippen MR) is 171 cm³/mol. The zero-order chi connectivity index (χ0) is 38.6. The van der Waals surface area contributed by atoms with Gasteiger partial charge in [-0.15, -0.1) is 0 Å². The quantitative estimate of drug-likeness (QED) is 0.0982. The van der Waals surface area contributed by atoms with Crippen LogP contribution in [0.15, 0.2) is 30.3 Å². The molecule has 5 amide bonds. The topological polar surface area (TPSA) is 213 Å². The van der Waals surface area contributed by atoms with Gasteiger partial charge in [-0.05, 0) is 47.1 Å². The van der Waals surface area contributed by atoms with E-state index in [-0.39, 0.29) is 75.3 Å². The van der Waals surface area contributed by atoms with E-state index in [4.69, 9.17) is 24.1 Å². The second-order valence-electron chi connectivity index (χ2n) is 13.0. The number of amides is 5. The number of quaternary nitrogens is 1. The molecule has 0 bridgehead atoms. The van der Waals surface area contributed by atoms with Crippen LogP contribution in [0.1, 0.15) is 47.1 Å². The molecular weight excluding hydrogens is 673 g/mol. The number of hydrogen-bond acceptors (Lipinski definition) is 10. The number of carbonyl (C=O) groups is 6. The molecule has 0 spiro atoms. The molecule has 5 N–H and O–H groups in total. The summed E-state index contributed by atoms with van der Waals surface area (Å²) >= 11 is 0. The van der Waals surface area contributed by atoms with Crippen LogP contribution in [-0.4, -0.2) is 117 Å². The molecule has 1 aromatic carbocycles. The fourth-order valence-corrected chi connectivity index (χ4v) is 3.58. The molecule has 284 valence electrons. The second kappa shape index (κ2) is 21.3. The maximum Gasteiger partial charge on any atom is 0.430 e. The van der Waals surface area contributed by atoms with Crippen molar-refractivity contribution in [1.29, 1.82) is 0 Å². The van der Waals surface area contributed by atoms with E-state index in [9.17, 15) is 37.1 Å². The summed E-state index contributed by atoms with van der Waals surface area (Å²) in [6, 6.07) is 9.23. The lowest BCUT2D eigenvalue weighted by atomic mass is 10.2. The number of benzene rings is 1. The first kappa shape index (κ1) is 45.2. The number of alkyl halides is 3. The van der Waals surface area contributed by atoms with Gasteiger partial charge in [0.1, 0.15) is 23.8 Å². The zero-order valence-corrected chi connectivity index (χ0v) is 29.4. The van der Waals surface area contributed by atoms with E-state index in [2.05, 4.69) is 26.6 Å². The standard InChI is InChI=1S/C29H48N6O8.C2HF3O2/c1-28(2,3)42-26(39)32-15-13-30-23(36)19-35(7,18-17-34-25(38)41-21-22-11-9-8-10-12-22)20-24(37)31-14-16-33-27(40)43-29(4,5)6;3-2(4,5)1(6)7/h8-12H,13-21H2,1-7H3,(H4-,30,31,32,33,34,36,37,38,39,40);(H,6,7). The summed E-state index contributed by atoms with van der Waals surface area (Å²) in [6.45, 7) is 11.5. The fraction of sp³-hybridized carbons (Fsp3) is 0.613. The van der Waals surface area contributed by atoms with E-state index >= 15 is 0 Å². The molecule has 1 rings (SSSR count). The van der Waals surface area contributed by atoms with Crippen molar-refractivity contribution in [2.75, 3.05) is 59.4 Å². The monoisotopic (exact) mass is 722 g/mol. The molecule has 0 unspecified atom stereocenters. The van der Waals surface area contributed by atoms with Crippen LogP contribution >= 0.6 is 0 Å². The third-order valence-corrected chi connectivity index (χ3v) is 5.65. The molecule has 1 aromatic rings. The van der Waals surface area contributed by atoms with Crippen LogP contribution in [0.5, 0.6) is 0 Å². The number of alkyl carbamates (subject to hydrolysis) is 3. The lowest BCUT2D eigenvalue weighted by Gasteiger charge is -2.33. The van der Waals surface area contributed by atoms with Gasteiger partial charge in [0.15, 0.2) is 13.1 Å². The first-order chi connectivity index (χ1) is 22.9. The molecule has 0 saturated carbocycles. The Morgan fingerprint density at radius 3 is 1.42 bits per heavy atom. The van der Waals surface area contributed by atoms with Crippen LogP contribution in [0.25, 0.3) is 0 Å². The third-order valence-electron chi connectivity index (χ3n) is 5.65. The summed E-state index contributed by atoms with van der Waals surface area (Å²) in [7, 11) is 1.72. The van der Waals surface area contributed by atoms with E-state index in [0.29, 0.717) is 0 Å². The number of rotatable bonds is 15. The van der Waals surface area contributed by atoms with Crippen LogP contribution in [0, 0.1) is 0 Å². The van der Waals surface area contributed by atoms with Gasteiger partial charge < -0.3 is 55.2 Å². The Morgan fingerprint density at radius 1 is 0.660 bits per heavy atom. The number of hydrogen-bond donors (Lipinski definition) is 5. The normalized spacial score (nSPS) is 11.5. The number of nitrogens with one attached hydrogen (secondary N) is 5. The minimum atomic E-state index is -5.19. The van der Waals surface area contributed by atoms with Crippen molar-refractivity contribution < 1.29 is 65.7 Å². The molecule has 16 nitrogen and oxygen atoms in total. The molecule has 0 aliphatic carbocycles. The van der Waals surface area contributed by atoms with Crippen molar-refractivity contribution in [3.05, 3.63) is 35.9 Å². The van der Waals surface area contributed by atoms with Crippen molar-refractivity contribution in [2.24, 2.45) is 0 Å². The van der Waals surface area contributed by atoms with E-state index in [0.717, 1.165) is 5.56 Å². The summed E-state index contributed by atoms with van der Waals surface area (Å²) in [5.41, 5.74) is -0.434. The smallest absolute Gasteiger partial charge is 0.430 e. The summed E-state index contributed by atoms with van der Waals surface area (Å²) in [5.74, 6) is -3.70. The number of nitrogens with zero attached hydrogens (tertiary/aromatic N) is 1. The molecule has 0 aromatic heterocycles. The first-order valence-corrected chi connectivity index (χ1v) is 15.4. The molecule has 0 aliphatic rings. The summed E-state index contributed by atoms with van der Waals surface area (Å²) in [5, 5.41) is 22.0. The first-order valence-electron chi connectivity index (χ1n) is 15.4. The van der Waals surface area contributed by atoms with E-state index in [1.54, 1.807) is 48.6 Å². The molecule has 0 saturated heterocycles. The average molecular weight is 723 g/mol. The van der Waals surface area contributed by atoms with E-state index < -0.39 is 41.6 Å². The van der Waals surface area contributed by atoms with Gasteiger partial charge in [-0.25, -0.2) is 14.4 Å². The van der Waals surface area contributed by atoms with Gasteiger partial charge in [0.25, 0.3) is 11.8 Å². The van der Waals surface area contributed by atoms with Crippen LogP contribution in [0.4, 0.5) is 27.6 Å². The molecule has 0 heterocycles. The van der Waals surface area contributed by atoms with Crippen molar-refractivity contribution >= 4 is 36.1 Å². The molecule has 0 fully saturated rings. The lowest BCUT2D eigenvalue weighted by molar-refractivity contribution is -0.893. The van der Waals surface area contributed by atoms with E-state index in [1.165, 1.54) is 0 Å². The molecule has 50 heavy (non-hydrogen) atoms. The number of likely N-dealkylation sites (N-methyl/N-ethyl adjacent to an activating group) is 1. The van der Waals surface area contributed by atoms with Gasteiger partial charge in [0.2, 0.25) is 0 Å². The van der Waals surface area contributed by atoms with Crippen molar-refractivity contribution in [3.63, 3.8) is 0 Å². The Morgan fingerprint density at radius 2 is 1.04 bits per heavy atom. The minimum absolute atomic E-state index is 0.0321. The summed E-state index contributed by atoms with van der Waals surface area (Å²) < 4.78 is 47.1. The van der Waals surface area contributed by atoms with Crippen molar-refractivity contribution in [2.45, 2.75) is 65.5 Å². The largest absolute Gasteiger partial charge is 0.542 e. The van der Waals surface area contributed by atoms with Gasteiger partial charge in [-0.1, -0.05) is 30.3 Å². The summed E-state index contributed by atoms with van der Waals surface area (Å²) in [6.07, 6.45) is -7.00. The predicted octanol–water partition coefficient (Wildman–Crippen LogP) is 0.940. The molecule has 0 aliphatic heterocycles. The van der Waals surface area contributed by atoms with Gasteiger partial charge in [-0.2, -0.15) is 13.2 Å². The third kappa shape index (κ3) is 25.2. The number of halogens is 3. The lowest BCUT2D eigenvalue weighted by Crippen LogP contribution is -2.57. The number of carbonyl (C=O) groups excluding carboxylic acids is 6. The molecular formula is C31H49F3N6O10. The van der Waals surface area contributed by atoms with Crippen LogP contribution in [0.3, 0.4) is 0 Å². The number of aliphatic carboxylic acids is 1. The summed E-state index contributed by atoms with van der Waals surface area (Å²) in [4.78, 5) is 70.0. The van der Waals surface area contributed by atoms with Gasteiger partial charge in [0.05, 0.1) is 20.1 Å². The Kier molecular flexibility index (Phi) is 19.3.